The topological polar surface area (TPSA) is 59.8 Å². The van der Waals surface area contributed by atoms with Gasteiger partial charge in [-0.15, -0.1) is 0 Å². The molecule has 0 bridgehead atoms. The van der Waals surface area contributed by atoms with E-state index in [4.69, 9.17) is 11.6 Å². The SMILES string of the molecule is Cc1cccc(NC(=O)c2cnn(-c3ccc(Cl)cc3)c2C(C)C)n1. The maximum Gasteiger partial charge on any atom is 0.260 e. The lowest BCUT2D eigenvalue weighted by molar-refractivity contribution is 0.102. The minimum atomic E-state index is -0.220. The number of benzene rings is 1. The van der Waals surface area contributed by atoms with Gasteiger partial charge in [0.1, 0.15) is 5.82 Å². The van der Waals surface area contributed by atoms with Gasteiger partial charge in [0, 0.05) is 10.7 Å². The van der Waals surface area contributed by atoms with Gasteiger partial charge in [-0.25, -0.2) is 9.67 Å². The molecule has 6 heteroatoms. The van der Waals surface area contributed by atoms with Crippen LogP contribution in [0.15, 0.2) is 48.7 Å². The highest BCUT2D eigenvalue weighted by Gasteiger charge is 2.21. The van der Waals surface area contributed by atoms with E-state index in [1.54, 1.807) is 29.1 Å². The van der Waals surface area contributed by atoms with E-state index in [1.165, 1.54) is 0 Å². The van der Waals surface area contributed by atoms with Crippen LogP contribution in [0.3, 0.4) is 0 Å². The minimum Gasteiger partial charge on any atom is -0.306 e. The molecular weight excluding hydrogens is 336 g/mol. The van der Waals surface area contributed by atoms with Crippen LogP contribution in [-0.4, -0.2) is 20.7 Å². The molecule has 2 heterocycles. The summed E-state index contributed by atoms with van der Waals surface area (Å²) in [7, 11) is 0. The van der Waals surface area contributed by atoms with E-state index < -0.39 is 0 Å². The third kappa shape index (κ3) is 3.72. The van der Waals surface area contributed by atoms with Crippen molar-refractivity contribution in [2.45, 2.75) is 26.7 Å². The summed E-state index contributed by atoms with van der Waals surface area (Å²) in [4.78, 5) is 17.0. The van der Waals surface area contributed by atoms with Gasteiger partial charge in [0.15, 0.2) is 0 Å². The van der Waals surface area contributed by atoms with Crippen LogP contribution in [0.4, 0.5) is 5.82 Å². The van der Waals surface area contributed by atoms with E-state index in [1.807, 2.05) is 45.0 Å². The predicted octanol–water partition coefficient (Wildman–Crippen LogP) is 4.60. The molecule has 0 aliphatic carbocycles. The van der Waals surface area contributed by atoms with Crippen molar-refractivity contribution in [3.8, 4) is 5.69 Å². The van der Waals surface area contributed by atoms with Crippen LogP contribution in [0.25, 0.3) is 5.69 Å². The minimum absolute atomic E-state index is 0.115. The number of amides is 1. The van der Waals surface area contributed by atoms with Gasteiger partial charge in [-0.3, -0.25) is 4.79 Å². The van der Waals surface area contributed by atoms with E-state index in [2.05, 4.69) is 15.4 Å². The molecule has 25 heavy (non-hydrogen) atoms. The molecule has 5 nitrogen and oxygen atoms in total. The highest BCUT2D eigenvalue weighted by molar-refractivity contribution is 6.30. The number of rotatable bonds is 4. The Bertz CT molecular complexity index is 900. The van der Waals surface area contributed by atoms with Crippen molar-refractivity contribution >= 4 is 23.3 Å². The van der Waals surface area contributed by atoms with Crippen LogP contribution >= 0.6 is 11.6 Å². The Kier molecular flexibility index (Phi) is 4.86. The molecule has 1 aromatic carbocycles. The Morgan fingerprint density at radius 3 is 2.52 bits per heavy atom. The zero-order valence-electron chi connectivity index (χ0n) is 14.3. The van der Waals surface area contributed by atoms with Gasteiger partial charge in [0.2, 0.25) is 0 Å². The molecule has 128 valence electrons. The van der Waals surface area contributed by atoms with E-state index in [0.717, 1.165) is 17.1 Å². The number of halogens is 1. The van der Waals surface area contributed by atoms with Gasteiger partial charge in [-0.05, 0) is 49.2 Å². The van der Waals surface area contributed by atoms with Gasteiger partial charge < -0.3 is 5.32 Å². The number of nitrogens with zero attached hydrogens (tertiary/aromatic N) is 3. The number of carbonyl (C=O) groups is 1. The first-order chi connectivity index (χ1) is 12.0. The Balaban J connectivity index is 1.96. The first-order valence-electron chi connectivity index (χ1n) is 8.04. The average Bonchev–Trinajstić information content (AvgIpc) is 3.01. The lowest BCUT2D eigenvalue weighted by Crippen LogP contribution is -2.16. The number of hydrogen-bond acceptors (Lipinski definition) is 3. The summed E-state index contributed by atoms with van der Waals surface area (Å²) >= 11 is 5.96. The van der Waals surface area contributed by atoms with Crippen LogP contribution in [-0.2, 0) is 0 Å². The molecule has 0 fully saturated rings. The molecule has 3 aromatic rings. The Hall–Kier alpha value is -2.66. The summed E-state index contributed by atoms with van der Waals surface area (Å²) < 4.78 is 1.78. The molecule has 0 atom stereocenters. The van der Waals surface area contributed by atoms with Crippen molar-refractivity contribution in [2.24, 2.45) is 0 Å². The number of pyridine rings is 1. The molecule has 0 saturated heterocycles. The molecule has 1 amide bonds. The second-order valence-corrected chi connectivity index (χ2v) is 6.54. The highest BCUT2D eigenvalue weighted by atomic mass is 35.5. The van der Waals surface area contributed by atoms with Gasteiger partial charge in [0.25, 0.3) is 5.91 Å². The number of nitrogens with one attached hydrogen (secondary N) is 1. The van der Waals surface area contributed by atoms with Crippen LogP contribution in [0, 0.1) is 6.92 Å². The fourth-order valence-electron chi connectivity index (χ4n) is 2.67. The fraction of sp³-hybridized carbons (Fsp3) is 0.211. The largest absolute Gasteiger partial charge is 0.306 e. The summed E-state index contributed by atoms with van der Waals surface area (Å²) in [5, 5.41) is 7.91. The zero-order chi connectivity index (χ0) is 18.0. The third-order valence-electron chi connectivity index (χ3n) is 3.80. The number of carbonyl (C=O) groups excluding carboxylic acids is 1. The second-order valence-electron chi connectivity index (χ2n) is 6.10. The molecular formula is C19H19ClN4O. The Morgan fingerprint density at radius 2 is 1.88 bits per heavy atom. The maximum absolute atomic E-state index is 12.7. The summed E-state index contributed by atoms with van der Waals surface area (Å²) in [6, 6.07) is 12.9. The zero-order valence-corrected chi connectivity index (χ0v) is 15.1. The summed E-state index contributed by atoms with van der Waals surface area (Å²) in [6.45, 7) is 5.95. The number of anilines is 1. The number of aromatic nitrogens is 3. The van der Waals surface area contributed by atoms with Crippen molar-refractivity contribution in [1.29, 1.82) is 0 Å². The Morgan fingerprint density at radius 1 is 1.16 bits per heavy atom. The van der Waals surface area contributed by atoms with E-state index in [9.17, 15) is 4.79 Å². The van der Waals surface area contributed by atoms with Crippen molar-refractivity contribution in [2.75, 3.05) is 5.32 Å². The molecule has 3 rings (SSSR count). The van der Waals surface area contributed by atoms with Crippen molar-refractivity contribution in [3.63, 3.8) is 0 Å². The smallest absolute Gasteiger partial charge is 0.260 e. The first kappa shape index (κ1) is 17.2. The van der Waals surface area contributed by atoms with Crippen LogP contribution < -0.4 is 5.32 Å². The second kappa shape index (κ2) is 7.07. The maximum atomic E-state index is 12.7. The summed E-state index contributed by atoms with van der Waals surface area (Å²) in [6.07, 6.45) is 1.59. The molecule has 0 saturated carbocycles. The lowest BCUT2D eigenvalue weighted by Gasteiger charge is -2.13. The summed E-state index contributed by atoms with van der Waals surface area (Å²) in [5.41, 5.74) is 3.08. The van der Waals surface area contributed by atoms with Gasteiger partial charge >= 0.3 is 0 Å². The molecule has 1 N–H and O–H groups in total. The number of hydrogen-bond donors (Lipinski definition) is 1. The standard InChI is InChI=1S/C19H19ClN4O/c1-12(2)18-16(19(25)23-17-6-4-5-13(3)22-17)11-21-24(18)15-9-7-14(20)8-10-15/h4-12H,1-3H3,(H,22,23,25). The van der Waals surface area contributed by atoms with Gasteiger partial charge in [-0.1, -0.05) is 31.5 Å². The van der Waals surface area contributed by atoms with Gasteiger partial charge in [0.05, 0.1) is 23.1 Å². The fourth-order valence-corrected chi connectivity index (χ4v) is 2.80. The molecule has 2 aromatic heterocycles. The molecule has 0 unspecified atom stereocenters. The molecule has 0 radical (unpaired) electrons. The third-order valence-corrected chi connectivity index (χ3v) is 4.05. The highest BCUT2D eigenvalue weighted by Crippen LogP contribution is 2.24. The van der Waals surface area contributed by atoms with Crippen LogP contribution in [0.5, 0.6) is 0 Å². The van der Waals surface area contributed by atoms with E-state index in [0.29, 0.717) is 16.4 Å². The predicted molar refractivity (Wildman–Crippen MR) is 99.6 cm³/mol. The van der Waals surface area contributed by atoms with E-state index >= 15 is 0 Å². The first-order valence-corrected chi connectivity index (χ1v) is 8.42. The molecule has 0 aliphatic heterocycles. The summed E-state index contributed by atoms with van der Waals surface area (Å²) in [5.74, 6) is 0.422. The lowest BCUT2D eigenvalue weighted by atomic mass is 10.0. The van der Waals surface area contributed by atoms with Crippen molar-refractivity contribution in [3.05, 3.63) is 70.6 Å². The van der Waals surface area contributed by atoms with E-state index in [-0.39, 0.29) is 11.8 Å². The monoisotopic (exact) mass is 354 g/mol. The van der Waals surface area contributed by atoms with Crippen LogP contribution in [0.2, 0.25) is 5.02 Å². The van der Waals surface area contributed by atoms with Crippen molar-refractivity contribution in [1.82, 2.24) is 14.8 Å². The normalized spacial score (nSPS) is 10.9. The van der Waals surface area contributed by atoms with Crippen molar-refractivity contribution < 1.29 is 4.79 Å². The van der Waals surface area contributed by atoms with Gasteiger partial charge in [-0.2, -0.15) is 5.10 Å². The Labute approximate surface area is 151 Å². The molecule has 0 aliphatic rings. The number of aryl methyl sites for hydroxylation is 1. The average molecular weight is 355 g/mol. The quantitative estimate of drug-likeness (QED) is 0.744. The molecule has 0 spiro atoms. The van der Waals surface area contributed by atoms with Crippen LogP contribution in [0.1, 0.15) is 41.5 Å².